The van der Waals surface area contributed by atoms with E-state index in [9.17, 15) is 24.3 Å². The summed E-state index contributed by atoms with van der Waals surface area (Å²) in [4.78, 5) is 65.0. The molecule has 0 unspecified atom stereocenters. The number of rotatable bonds is 21. The van der Waals surface area contributed by atoms with Crippen molar-refractivity contribution in [1.29, 1.82) is 0 Å². The van der Waals surface area contributed by atoms with Gasteiger partial charge in [0.25, 0.3) is 5.91 Å². The number of piperazine rings is 1. The van der Waals surface area contributed by atoms with E-state index in [1.165, 1.54) is 24.2 Å². The fourth-order valence-corrected chi connectivity index (χ4v) is 8.96. The SMILES string of the molecule is CCCNNC(=O)c1ccc(N2CCN(CCCCCCCCCC(=O)N[C@H](C(=O)N3C[C@H](O)C[C@H]3C(=O)N[C@@H](C)c3ccc(-c4scnc4C)cc3)C(C)(C)C)CC2)cc1. The molecule has 0 saturated carbocycles. The van der Waals surface area contributed by atoms with E-state index in [0.717, 1.165) is 98.8 Å². The van der Waals surface area contributed by atoms with Crippen molar-refractivity contribution in [2.45, 2.75) is 130 Å². The molecule has 2 aliphatic rings. The van der Waals surface area contributed by atoms with Crippen LogP contribution in [-0.2, 0) is 14.4 Å². The zero-order chi connectivity index (χ0) is 43.9. The number of aryl methyl sites for hydroxylation is 1. The van der Waals surface area contributed by atoms with Crippen molar-refractivity contribution in [3.05, 3.63) is 70.9 Å². The Morgan fingerprint density at radius 1 is 0.885 bits per heavy atom. The smallest absolute Gasteiger partial charge is 0.265 e. The Labute approximate surface area is 367 Å². The van der Waals surface area contributed by atoms with Gasteiger partial charge in [0.1, 0.15) is 12.1 Å². The first-order valence-electron chi connectivity index (χ1n) is 22.4. The summed E-state index contributed by atoms with van der Waals surface area (Å²) in [6.45, 7) is 17.6. The quantitative estimate of drug-likeness (QED) is 0.0606. The minimum Gasteiger partial charge on any atom is -0.391 e. The second-order valence-corrected chi connectivity index (χ2v) is 18.7. The monoisotopic (exact) mass is 859 g/mol. The predicted molar refractivity (Wildman–Crippen MR) is 244 cm³/mol. The molecule has 2 aliphatic heterocycles. The molecular weight excluding hydrogens is 789 g/mol. The number of benzene rings is 2. The maximum Gasteiger partial charge on any atom is 0.265 e. The molecule has 334 valence electrons. The lowest BCUT2D eigenvalue weighted by Crippen LogP contribution is -2.57. The third-order valence-corrected chi connectivity index (χ3v) is 12.9. The number of hydrogen-bond donors (Lipinski definition) is 5. The third kappa shape index (κ3) is 14.1. The zero-order valence-corrected chi connectivity index (χ0v) is 38.1. The summed E-state index contributed by atoms with van der Waals surface area (Å²) in [6.07, 6.45) is 8.08. The first-order valence-corrected chi connectivity index (χ1v) is 23.3. The van der Waals surface area contributed by atoms with E-state index in [0.29, 0.717) is 12.0 Å². The van der Waals surface area contributed by atoms with Gasteiger partial charge >= 0.3 is 0 Å². The molecule has 3 heterocycles. The Morgan fingerprint density at radius 3 is 2.16 bits per heavy atom. The number of aliphatic hydroxyl groups excluding tert-OH is 1. The molecule has 61 heavy (non-hydrogen) atoms. The van der Waals surface area contributed by atoms with Gasteiger partial charge in [0, 0.05) is 63.4 Å². The lowest BCUT2D eigenvalue weighted by molar-refractivity contribution is -0.144. The lowest BCUT2D eigenvalue weighted by Gasteiger charge is -2.36. The number of hydrazine groups is 1. The number of anilines is 1. The average Bonchev–Trinajstić information content (AvgIpc) is 3.87. The number of aliphatic hydroxyl groups is 1. The molecule has 0 aliphatic carbocycles. The number of carbonyl (C=O) groups is 4. The minimum absolute atomic E-state index is 0.0450. The molecule has 2 aromatic carbocycles. The molecule has 4 atom stereocenters. The van der Waals surface area contributed by atoms with Gasteiger partial charge in [-0.05, 0) is 80.5 Å². The van der Waals surface area contributed by atoms with Crippen LogP contribution in [0, 0.1) is 12.3 Å². The first-order chi connectivity index (χ1) is 29.2. The fourth-order valence-electron chi connectivity index (χ4n) is 8.15. The molecule has 2 fully saturated rings. The summed E-state index contributed by atoms with van der Waals surface area (Å²) in [5.41, 5.74) is 11.7. The molecule has 0 bridgehead atoms. The Balaban J connectivity index is 0.960. The Hall–Kier alpha value is -4.37. The second-order valence-electron chi connectivity index (χ2n) is 17.9. The van der Waals surface area contributed by atoms with Gasteiger partial charge in [0.05, 0.1) is 28.2 Å². The van der Waals surface area contributed by atoms with E-state index in [2.05, 4.69) is 43.2 Å². The molecule has 14 heteroatoms. The highest BCUT2D eigenvalue weighted by molar-refractivity contribution is 7.13. The minimum atomic E-state index is -0.833. The zero-order valence-electron chi connectivity index (χ0n) is 37.3. The number of amides is 4. The highest BCUT2D eigenvalue weighted by Gasteiger charge is 2.44. The lowest BCUT2D eigenvalue weighted by atomic mass is 9.85. The molecule has 1 aromatic heterocycles. The van der Waals surface area contributed by atoms with Crippen molar-refractivity contribution in [2.24, 2.45) is 5.41 Å². The number of nitrogens with one attached hydrogen (secondary N) is 4. The maximum absolute atomic E-state index is 14.1. The van der Waals surface area contributed by atoms with Gasteiger partial charge in [-0.3, -0.25) is 29.5 Å². The van der Waals surface area contributed by atoms with Crippen molar-refractivity contribution in [2.75, 3.05) is 50.7 Å². The first kappa shape index (κ1) is 47.7. The summed E-state index contributed by atoms with van der Waals surface area (Å²) in [5.74, 6) is -0.942. The Morgan fingerprint density at radius 2 is 1.54 bits per heavy atom. The van der Waals surface area contributed by atoms with Crippen LogP contribution in [0.25, 0.3) is 10.4 Å². The normalized spacial score (nSPS) is 18.1. The Kier molecular flexibility index (Phi) is 18.1. The van der Waals surface area contributed by atoms with Crippen LogP contribution in [0.1, 0.15) is 126 Å². The number of likely N-dealkylation sites (tertiary alicyclic amines) is 1. The molecule has 5 rings (SSSR count). The topological polar surface area (TPSA) is 159 Å². The molecule has 2 saturated heterocycles. The molecule has 13 nitrogen and oxygen atoms in total. The summed E-state index contributed by atoms with van der Waals surface area (Å²) < 4.78 is 0. The molecular formula is C47H70N8O5S. The van der Waals surface area contributed by atoms with Crippen LogP contribution >= 0.6 is 11.3 Å². The Bertz CT molecular complexity index is 1860. The fraction of sp³-hybridized carbons (Fsp3) is 0.596. The van der Waals surface area contributed by atoms with Gasteiger partial charge < -0.3 is 25.5 Å². The highest BCUT2D eigenvalue weighted by Crippen LogP contribution is 2.30. The highest BCUT2D eigenvalue weighted by atomic mass is 32.1. The summed E-state index contributed by atoms with van der Waals surface area (Å²) in [5, 5.41) is 16.7. The molecule has 3 aromatic rings. The molecule has 4 amide bonds. The van der Waals surface area contributed by atoms with Gasteiger partial charge in [-0.15, -0.1) is 11.3 Å². The molecule has 0 spiro atoms. The molecule has 5 N–H and O–H groups in total. The molecule has 0 radical (unpaired) electrons. The number of unbranched alkanes of at least 4 members (excludes halogenated alkanes) is 6. The predicted octanol–water partition coefficient (Wildman–Crippen LogP) is 6.38. The van der Waals surface area contributed by atoms with Crippen LogP contribution in [-0.4, -0.2) is 108 Å². The van der Waals surface area contributed by atoms with E-state index in [4.69, 9.17) is 0 Å². The summed E-state index contributed by atoms with van der Waals surface area (Å²) in [7, 11) is 0. The summed E-state index contributed by atoms with van der Waals surface area (Å²) >= 11 is 1.59. The largest absolute Gasteiger partial charge is 0.391 e. The number of carbonyl (C=O) groups excluding carboxylic acids is 4. The van der Waals surface area contributed by atoms with Crippen LogP contribution < -0.4 is 26.4 Å². The van der Waals surface area contributed by atoms with Crippen LogP contribution in [0.15, 0.2) is 54.0 Å². The van der Waals surface area contributed by atoms with Crippen LogP contribution in [0.2, 0.25) is 0 Å². The van der Waals surface area contributed by atoms with Gasteiger partial charge in [-0.1, -0.05) is 84.1 Å². The summed E-state index contributed by atoms with van der Waals surface area (Å²) in [6, 6.07) is 13.9. The van der Waals surface area contributed by atoms with E-state index in [-0.39, 0.29) is 42.6 Å². The van der Waals surface area contributed by atoms with E-state index >= 15 is 0 Å². The second kappa shape index (κ2) is 23.2. The van der Waals surface area contributed by atoms with Gasteiger partial charge in [-0.25, -0.2) is 10.4 Å². The van der Waals surface area contributed by atoms with E-state index < -0.39 is 23.6 Å². The van der Waals surface area contributed by atoms with Crippen LogP contribution in [0.4, 0.5) is 5.69 Å². The van der Waals surface area contributed by atoms with Crippen LogP contribution in [0.3, 0.4) is 0 Å². The van der Waals surface area contributed by atoms with Crippen molar-refractivity contribution < 1.29 is 24.3 Å². The van der Waals surface area contributed by atoms with Gasteiger partial charge in [0.2, 0.25) is 17.7 Å². The van der Waals surface area contributed by atoms with E-state index in [1.54, 1.807) is 11.3 Å². The average molecular weight is 859 g/mol. The number of aromatic nitrogens is 1. The van der Waals surface area contributed by atoms with Gasteiger partial charge in [0.15, 0.2) is 0 Å². The van der Waals surface area contributed by atoms with Crippen molar-refractivity contribution >= 4 is 40.7 Å². The number of β-amino-alcohol motifs (C(OH)–C–C–N with tert-alkyl or cyclic N) is 1. The van der Waals surface area contributed by atoms with Gasteiger partial charge in [-0.2, -0.15) is 0 Å². The standard InChI is InChI=1S/C47H70N8O5S/c1-7-24-49-52-44(58)37-20-22-38(23-21-37)54-28-26-53(27-29-54)25-14-12-10-8-9-11-13-15-41(57)51-43(47(4,5)6)46(60)55-31-39(56)30-40(55)45(59)50-33(2)35-16-18-36(19-17-35)42-34(3)48-32-61-42/h16-23,32-33,39-40,43,49,56H,7-15,24-31H2,1-6H3,(H,50,59)(H,51,57)(H,52,58)/t33-,39+,40-,43+/m0/s1. The van der Waals surface area contributed by atoms with Crippen LogP contribution in [0.5, 0.6) is 0 Å². The maximum atomic E-state index is 14.1. The number of hydrogen-bond acceptors (Lipinski definition) is 10. The number of nitrogens with zero attached hydrogens (tertiary/aromatic N) is 4. The number of thiazole rings is 1. The van der Waals surface area contributed by atoms with Crippen molar-refractivity contribution in [3.8, 4) is 10.4 Å². The third-order valence-electron chi connectivity index (χ3n) is 11.9. The van der Waals surface area contributed by atoms with E-state index in [1.807, 2.05) is 88.7 Å². The van der Waals surface area contributed by atoms with Crippen molar-refractivity contribution in [1.82, 2.24) is 36.3 Å². The van der Waals surface area contributed by atoms with Crippen molar-refractivity contribution in [3.63, 3.8) is 0 Å².